The van der Waals surface area contributed by atoms with Crippen LogP contribution in [0.15, 0.2) is 59.1 Å². The molecule has 0 saturated heterocycles. The van der Waals surface area contributed by atoms with Crippen LogP contribution in [0.2, 0.25) is 0 Å². The van der Waals surface area contributed by atoms with E-state index in [1.54, 1.807) is 0 Å². The third-order valence-electron chi connectivity index (χ3n) is 6.06. The van der Waals surface area contributed by atoms with Crippen LogP contribution in [-0.2, 0) is 6.42 Å². The first kappa shape index (κ1) is 18.9. The van der Waals surface area contributed by atoms with Gasteiger partial charge in [0, 0.05) is 12.3 Å². The van der Waals surface area contributed by atoms with Crippen LogP contribution in [0.1, 0.15) is 81.0 Å². The Balaban J connectivity index is 1.33. The van der Waals surface area contributed by atoms with E-state index in [1.807, 2.05) is 0 Å². The van der Waals surface area contributed by atoms with Gasteiger partial charge in [0.1, 0.15) is 0 Å². The fourth-order valence-corrected chi connectivity index (χ4v) is 4.32. The second-order valence-electron chi connectivity index (χ2n) is 8.04. The molecule has 3 heteroatoms. The van der Waals surface area contributed by atoms with Gasteiger partial charge in [-0.1, -0.05) is 79.5 Å². The summed E-state index contributed by atoms with van der Waals surface area (Å²) in [7, 11) is 0. The number of unbranched alkanes of at least 4 members (excludes halogenated alkanes) is 2. The summed E-state index contributed by atoms with van der Waals surface area (Å²) < 4.78 is 5.47. The highest BCUT2D eigenvalue weighted by molar-refractivity contribution is 5.63. The largest absolute Gasteiger partial charge is 0.339 e. The molecule has 3 aromatic rings. The smallest absolute Gasteiger partial charge is 0.226 e. The Morgan fingerprint density at radius 3 is 2.21 bits per heavy atom. The van der Waals surface area contributed by atoms with E-state index in [9.17, 15) is 0 Å². The number of aromatic nitrogens is 2. The van der Waals surface area contributed by atoms with Crippen molar-refractivity contribution in [2.24, 2.45) is 0 Å². The average Bonchev–Trinajstić information content (AvgIpc) is 3.24. The van der Waals surface area contributed by atoms with Crippen LogP contribution in [0.3, 0.4) is 0 Å². The van der Waals surface area contributed by atoms with Gasteiger partial charge in [-0.2, -0.15) is 4.98 Å². The van der Waals surface area contributed by atoms with E-state index in [-0.39, 0.29) is 0 Å². The molecule has 146 valence electrons. The summed E-state index contributed by atoms with van der Waals surface area (Å²) >= 11 is 0. The van der Waals surface area contributed by atoms with Crippen LogP contribution in [0.5, 0.6) is 0 Å². The monoisotopic (exact) mass is 374 g/mol. The van der Waals surface area contributed by atoms with Gasteiger partial charge in [0.25, 0.3) is 0 Å². The molecule has 0 bridgehead atoms. The van der Waals surface area contributed by atoms with Crippen LogP contribution in [0.25, 0.3) is 11.1 Å². The molecule has 0 unspecified atom stereocenters. The molecule has 1 aromatic heterocycles. The lowest BCUT2D eigenvalue weighted by atomic mass is 9.78. The van der Waals surface area contributed by atoms with E-state index in [4.69, 9.17) is 4.52 Å². The summed E-state index contributed by atoms with van der Waals surface area (Å²) in [5.74, 6) is 2.87. The summed E-state index contributed by atoms with van der Waals surface area (Å²) in [4.78, 5) is 4.67. The zero-order valence-corrected chi connectivity index (χ0v) is 16.8. The summed E-state index contributed by atoms with van der Waals surface area (Å²) in [6.07, 6.45) is 9.22. The van der Waals surface area contributed by atoms with Crippen LogP contribution >= 0.6 is 0 Å². The number of nitrogens with zero attached hydrogens (tertiary/aromatic N) is 2. The van der Waals surface area contributed by atoms with Crippen molar-refractivity contribution in [1.29, 1.82) is 0 Å². The quantitative estimate of drug-likeness (QED) is 0.422. The minimum absolute atomic E-state index is 0.462. The normalized spacial score (nSPS) is 19.6. The van der Waals surface area contributed by atoms with E-state index < -0.39 is 0 Å². The van der Waals surface area contributed by atoms with Crippen LogP contribution < -0.4 is 0 Å². The summed E-state index contributed by atoms with van der Waals surface area (Å²) in [5, 5.41) is 4.28. The molecule has 2 aromatic carbocycles. The van der Waals surface area contributed by atoms with Crippen molar-refractivity contribution in [2.45, 2.75) is 70.1 Å². The standard InChI is InChI=1S/C25H30N2O/c1-2-3-5-10-24-26-25(27-28-24)23-17-15-22(16-18-23)21-13-11-20(12-14-21)19-8-6-4-7-9-19/h4,6-9,11-14,22-23H,2-3,5,10,15-18H2,1H3. The lowest BCUT2D eigenvalue weighted by Crippen LogP contribution is -2.13. The van der Waals surface area contributed by atoms with Crippen molar-refractivity contribution in [3.8, 4) is 11.1 Å². The van der Waals surface area contributed by atoms with Crippen molar-refractivity contribution in [1.82, 2.24) is 10.1 Å². The number of aryl methyl sites for hydroxylation is 1. The highest BCUT2D eigenvalue weighted by atomic mass is 16.5. The molecule has 0 amide bonds. The molecule has 0 radical (unpaired) electrons. The minimum Gasteiger partial charge on any atom is -0.339 e. The molecule has 1 heterocycles. The molecule has 1 aliphatic rings. The predicted octanol–water partition coefficient (Wildman–Crippen LogP) is 6.91. The average molecular weight is 375 g/mol. The minimum atomic E-state index is 0.462. The second kappa shape index (κ2) is 9.18. The molecule has 4 rings (SSSR count). The Hall–Kier alpha value is -2.42. The predicted molar refractivity (Wildman–Crippen MR) is 113 cm³/mol. The number of hydrogen-bond acceptors (Lipinski definition) is 3. The maximum atomic E-state index is 5.47. The van der Waals surface area contributed by atoms with Gasteiger partial charge in [-0.25, -0.2) is 0 Å². The third-order valence-corrected chi connectivity index (χ3v) is 6.06. The van der Waals surface area contributed by atoms with Gasteiger partial charge >= 0.3 is 0 Å². The van der Waals surface area contributed by atoms with E-state index >= 15 is 0 Å². The maximum absolute atomic E-state index is 5.47. The maximum Gasteiger partial charge on any atom is 0.226 e. The van der Waals surface area contributed by atoms with Crippen molar-refractivity contribution in [3.05, 3.63) is 71.9 Å². The van der Waals surface area contributed by atoms with E-state index in [2.05, 4.69) is 71.7 Å². The zero-order valence-electron chi connectivity index (χ0n) is 16.8. The Bertz CT molecular complexity index is 846. The Morgan fingerprint density at radius 1 is 0.821 bits per heavy atom. The van der Waals surface area contributed by atoms with E-state index in [0.29, 0.717) is 11.8 Å². The molecule has 1 fully saturated rings. The molecule has 28 heavy (non-hydrogen) atoms. The Morgan fingerprint density at radius 2 is 1.50 bits per heavy atom. The van der Waals surface area contributed by atoms with Crippen LogP contribution in [0, 0.1) is 0 Å². The van der Waals surface area contributed by atoms with Gasteiger partial charge in [-0.05, 0) is 54.7 Å². The summed E-state index contributed by atoms with van der Waals surface area (Å²) in [5.41, 5.74) is 4.04. The third kappa shape index (κ3) is 4.52. The van der Waals surface area contributed by atoms with Gasteiger partial charge in [0.15, 0.2) is 5.82 Å². The zero-order chi connectivity index (χ0) is 19.2. The van der Waals surface area contributed by atoms with Crippen LogP contribution in [-0.4, -0.2) is 10.1 Å². The SMILES string of the molecule is CCCCCc1nc(C2CCC(c3ccc(-c4ccccc4)cc3)CC2)no1. The molecule has 0 N–H and O–H groups in total. The highest BCUT2D eigenvalue weighted by Crippen LogP contribution is 2.40. The first-order chi connectivity index (χ1) is 13.8. The van der Waals surface area contributed by atoms with Gasteiger partial charge in [0.05, 0.1) is 0 Å². The first-order valence-electron chi connectivity index (χ1n) is 10.8. The van der Waals surface area contributed by atoms with Gasteiger partial charge in [-0.15, -0.1) is 0 Å². The fraction of sp³-hybridized carbons (Fsp3) is 0.440. The van der Waals surface area contributed by atoms with Gasteiger partial charge in [0.2, 0.25) is 5.89 Å². The van der Waals surface area contributed by atoms with Crippen molar-refractivity contribution < 1.29 is 4.52 Å². The molecule has 1 aliphatic carbocycles. The Kier molecular flexibility index (Phi) is 6.20. The molecular weight excluding hydrogens is 344 g/mol. The van der Waals surface area contributed by atoms with Crippen molar-refractivity contribution in [3.63, 3.8) is 0 Å². The fourth-order valence-electron chi connectivity index (χ4n) is 4.32. The molecule has 3 nitrogen and oxygen atoms in total. The number of rotatable bonds is 7. The Labute approximate surface area is 168 Å². The van der Waals surface area contributed by atoms with E-state index in [0.717, 1.165) is 37.4 Å². The van der Waals surface area contributed by atoms with Crippen LogP contribution in [0.4, 0.5) is 0 Å². The molecule has 0 atom stereocenters. The first-order valence-corrected chi connectivity index (χ1v) is 10.8. The second-order valence-corrected chi connectivity index (χ2v) is 8.04. The van der Waals surface area contributed by atoms with Crippen molar-refractivity contribution >= 4 is 0 Å². The molecule has 0 spiro atoms. The lowest BCUT2D eigenvalue weighted by Gasteiger charge is -2.27. The molecule has 1 saturated carbocycles. The van der Waals surface area contributed by atoms with E-state index in [1.165, 1.54) is 42.4 Å². The molecule has 0 aliphatic heterocycles. The number of benzene rings is 2. The topological polar surface area (TPSA) is 38.9 Å². The highest BCUT2D eigenvalue weighted by Gasteiger charge is 2.26. The molecular formula is C25H30N2O. The summed E-state index contributed by atoms with van der Waals surface area (Å²) in [6, 6.07) is 19.7. The number of hydrogen-bond donors (Lipinski definition) is 0. The van der Waals surface area contributed by atoms with Gasteiger partial charge in [-0.3, -0.25) is 0 Å². The van der Waals surface area contributed by atoms with Gasteiger partial charge < -0.3 is 4.52 Å². The van der Waals surface area contributed by atoms with Crippen molar-refractivity contribution in [2.75, 3.05) is 0 Å². The summed E-state index contributed by atoms with van der Waals surface area (Å²) in [6.45, 7) is 2.22. The lowest BCUT2D eigenvalue weighted by molar-refractivity contribution is 0.346.